The van der Waals surface area contributed by atoms with Gasteiger partial charge in [-0.05, 0) is 26.0 Å². The van der Waals surface area contributed by atoms with Crippen LogP contribution in [0.25, 0.3) is 0 Å². The highest BCUT2D eigenvalue weighted by molar-refractivity contribution is 7.99. The Balaban J connectivity index is 2.77. The standard InChI is InChI=1S/C7H17NOS/c1-3-9-6-10-5-4-7(2)8/h7H,3-6,8H2,1-2H3. The molecule has 0 rings (SSSR count). The molecule has 1 unspecified atom stereocenters. The van der Waals surface area contributed by atoms with Gasteiger partial charge in [-0.3, -0.25) is 0 Å². The normalized spacial score (nSPS) is 13.5. The zero-order chi connectivity index (χ0) is 7.82. The van der Waals surface area contributed by atoms with Gasteiger partial charge >= 0.3 is 0 Å². The van der Waals surface area contributed by atoms with Gasteiger partial charge in [0.15, 0.2) is 0 Å². The molecule has 0 amide bonds. The Morgan fingerprint density at radius 2 is 2.30 bits per heavy atom. The molecule has 2 nitrogen and oxygen atoms in total. The van der Waals surface area contributed by atoms with Crippen molar-refractivity contribution in [3.8, 4) is 0 Å². The molecular formula is C7H17NOS. The summed E-state index contributed by atoms with van der Waals surface area (Å²) in [5.41, 5.74) is 5.55. The van der Waals surface area contributed by atoms with Gasteiger partial charge in [0.1, 0.15) is 0 Å². The third-order valence-electron chi connectivity index (χ3n) is 1.09. The van der Waals surface area contributed by atoms with Crippen LogP contribution < -0.4 is 5.73 Å². The molecule has 0 radical (unpaired) electrons. The summed E-state index contributed by atoms with van der Waals surface area (Å²) in [4.78, 5) is 0. The van der Waals surface area contributed by atoms with Gasteiger partial charge in [-0.15, -0.1) is 11.8 Å². The Bertz CT molecular complexity index is 68.6. The van der Waals surface area contributed by atoms with Crippen molar-refractivity contribution >= 4 is 11.8 Å². The minimum Gasteiger partial charge on any atom is -0.371 e. The van der Waals surface area contributed by atoms with Gasteiger partial charge in [-0.25, -0.2) is 0 Å². The van der Waals surface area contributed by atoms with E-state index < -0.39 is 0 Å². The predicted molar refractivity (Wildman–Crippen MR) is 47.2 cm³/mol. The first-order chi connectivity index (χ1) is 4.77. The fourth-order valence-electron chi connectivity index (χ4n) is 0.470. The summed E-state index contributed by atoms with van der Waals surface area (Å²) in [6, 6.07) is 0.328. The minimum absolute atomic E-state index is 0.328. The molecule has 0 fully saturated rings. The third-order valence-corrected chi connectivity index (χ3v) is 1.95. The fraction of sp³-hybridized carbons (Fsp3) is 1.00. The lowest BCUT2D eigenvalue weighted by molar-refractivity contribution is 0.199. The average Bonchev–Trinajstić information content (AvgIpc) is 1.87. The van der Waals surface area contributed by atoms with E-state index in [1.807, 2.05) is 13.8 Å². The molecule has 0 aromatic rings. The Hall–Kier alpha value is 0.270. The first-order valence-electron chi connectivity index (χ1n) is 3.68. The maximum Gasteiger partial charge on any atom is 0.0920 e. The van der Waals surface area contributed by atoms with Crippen LogP contribution in [-0.4, -0.2) is 24.3 Å². The number of rotatable bonds is 6. The maximum absolute atomic E-state index is 5.55. The maximum atomic E-state index is 5.55. The first kappa shape index (κ1) is 10.3. The lowest BCUT2D eigenvalue weighted by Crippen LogP contribution is -2.15. The minimum atomic E-state index is 0.328. The molecule has 10 heavy (non-hydrogen) atoms. The molecule has 0 spiro atoms. The Morgan fingerprint density at radius 3 is 2.80 bits per heavy atom. The predicted octanol–water partition coefficient (Wildman–Crippen LogP) is 1.45. The fourth-order valence-corrected chi connectivity index (χ4v) is 1.41. The molecule has 0 bridgehead atoms. The lowest BCUT2D eigenvalue weighted by Gasteiger charge is -2.03. The topological polar surface area (TPSA) is 35.2 Å². The summed E-state index contributed by atoms with van der Waals surface area (Å²) in [5, 5.41) is 0. The van der Waals surface area contributed by atoms with Crippen molar-refractivity contribution in [2.24, 2.45) is 5.73 Å². The van der Waals surface area contributed by atoms with Gasteiger partial charge in [-0.2, -0.15) is 0 Å². The van der Waals surface area contributed by atoms with Gasteiger partial charge in [0.25, 0.3) is 0 Å². The van der Waals surface area contributed by atoms with Crippen molar-refractivity contribution in [2.75, 3.05) is 18.3 Å². The van der Waals surface area contributed by atoms with Crippen LogP contribution in [0.1, 0.15) is 20.3 Å². The van der Waals surface area contributed by atoms with Crippen LogP contribution in [0, 0.1) is 0 Å². The first-order valence-corrected chi connectivity index (χ1v) is 4.84. The number of hydrogen-bond donors (Lipinski definition) is 1. The van der Waals surface area contributed by atoms with Crippen molar-refractivity contribution in [3.63, 3.8) is 0 Å². The molecular weight excluding hydrogens is 146 g/mol. The molecule has 1 atom stereocenters. The van der Waals surface area contributed by atoms with Crippen LogP contribution in [0.3, 0.4) is 0 Å². The smallest absolute Gasteiger partial charge is 0.0920 e. The van der Waals surface area contributed by atoms with E-state index in [1.165, 1.54) is 0 Å². The van der Waals surface area contributed by atoms with E-state index >= 15 is 0 Å². The quantitative estimate of drug-likeness (QED) is 0.475. The van der Waals surface area contributed by atoms with Crippen molar-refractivity contribution in [3.05, 3.63) is 0 Å². The second-order valence-corrected chi connectivity index (χ2v) is 3.34. The largest absolute Gasteiger partial charge is 0.371 e. The van der Waals surface area contributed by atoms with Crippen molar-refractivity contribution in [1.82, 2.24) is 0 Å². The van der Waals surface area contributed by atoms with E-state index in [2.05, 4.69) is 0 Å². The Kier molecular flexibility index (Phi) is 7.58. The van der Waals surface area contributed by atoms with Gasteiger partial charge in [-0.1, -0.05) is 0 Å². The second-order valence-electron chi connectivity index (χ2n) is 2.28. The van der Waals surface area contributed by atoms with Gasteiger partial charge in [0.05, 0.1) is 5.94 Å². The Morgan fingerprint density at radius 1 is 1.60 bits per heavy atom. The highest BCUT2D eigenvalue weighted by Crippen LogP contribution is 2.03. The highest BCUT2D eigenvalue weighted by Gasteiger charge is 1.92. The Labute approximate surface area is 67.5 Å². The van der Waals surface area contributed by atoms with Crippen molar-refractivity contribution < 1.29 is 4.74 Å². The van der Waals surface area contributed by atoms with Gasteiger partial charge in [0.2, 0.25) is 0 Å². The molecule has 0 aliphatic heterocycles. The zero-order valence-corrected chi connectivity index (χ0v) is 7.62. The third kappa shape index (κ3) is 8.27. The van der Waals surface area contributed by atoms with E-state index in [1.54, 1.807) is 11.8 Å². The molecule has 3 heteroatoms. The molecule has 0 aliphatic rings. The summed E-state index contributed by atoms with van der Waals surface area (Å²) < 4.78 is 5.14. The summed E-state index contributed by atoms with van der Waals surface area (Å²) in [6.45, 7) is 4.85. The molecule has 0 aliphatic carbocycles. The van der Waals surface area contributed by atoms with Crippen molar-refractivity contribution in [1.29, 1.82) is 0 Å². The molecule has 62 valence electrons. The molecule has 0 saturated heterocycles. The SMILES string of the molecule is CCOCSCCC(C)N. The zero-order valence-electron chi connectivity index (χ0n) is 6.80. The summed E-state index contributed by atoms with van der Waals surface area (Å²) >= 11 is 1.80. The van der Waals surface area contributed by atoms with Crippen LogP contribution in [-0.2, 0) is 4.74 Å². The average molecular weight is 163 g/mol. The van der Waals surface area contributed by atoms with Gasteiger partial charge in [0, 0.05) is 12.6 Å². The van der Waals surface area contributed by atoms with Crippen LogP contribution in [0.4, 0.5) is 0 Å². The van der Waals surface area contributed by atoms with E-state index in [9.17, 15) is 0 Å². The highest BCUT2D eigenvalue weighted by atomic mass is 32.2. The van der Waals surface area contributed by atoms with E-state index in [4.69, 9.17) is 10.5 Å². The summed E-state index contributed by atoms with van der Waals surface area (Å²) in [7, 11) is 0. The second kappa shape index (κ2) is 7.38. The monoisotopic (exact) mass is 163 g/mol. The molecule has 2 N–H and O–H groups in total. The van der Waals surface area contributed by atoms with E-state index in [0.29, 0.717) is 6.04 Å². The van der Waals surface area contributed by atoms with Crippen LogP contribution >= 0.6 is 11.8 Å². The molecule has 0 aromatic carbocycles. The van der Waals surface area contributed by atoms with E-state index in [0.717, 1.165) is 24.7 Å². The van der Waals surface area contributed by atoms with E-state index in [-0.39, 0.29) is 0 Å². The molecule has 0 aromatic heterocycles. The van der Waals surface area contributed by atoms with Crippen molar-refractivity contribution in [2.45, 2.75) is 26.3 Å². The number of ether oxygens (including phenoxy) is 1. The summed E-state index contributed by atoms with van der Waals surface area (Å²) in [6.07, 6.45) is 1.08. The lowest BCUT2D eigenvalue weighted by atomic mass is 10.3. The number of nitrogens with two attached hydrogens (primary N) is 1. The molecule has 0 saturated carbocycles. The van der Waals surface area contributed by atoms with Crippen LogP contribution in [0.2, 0.25) is 0 Å². The number of thioether (sulfide) groups is 1. The van der Waals surface area contributed by atoms with Crippen LogP contribution in [0.5, 0.6) is 0 Å². The van der Waals surface area contributed by atoms with Crippen LogP contribution in [0.15, 0.2) is 0 Å². The number of hydrogen-bond acceptors (Lipinski definition) is 3. The van der Waals surface area contributed by atoms with Gasteiger partial charge < -0.3 is 10.5 Å². The molecule has 0 heterocycles. The summed E-state index contributed by atoms with van der Waals surface area (Å²) in [5.74, 6) is 1.92.